The van der Waals surface area contributed by atoms with Crippen molar-refractivity contribution < 1.29 is 19.1 Å². The summed E-state index contributed by atoms with van der Waals surface area (Å²) in [6.45, 7) is -0.0667. The van der Waals surface area contributed by atoms with E-state index in [4.69, 9.17) is 9.47 Å². The van der Waals surface area contributed by atoms with E-state index in [9.17, 15) is 9.59 Å². The van der Waals surface area contributed by atoms with Gasteiger partial charge >= 0.3 is 0 Å². The summed E-state index contributed by atoms with van der Waals surface area (Å²) in [4.78, 5) is 28.0. The van der Waals surface area contributed by atoms with Gasteiger partial charge in [0.15, 0.2) is 0 Å². The van der Waals surface area contributed by atoms with Crippen molar-refractivity contribution in [2.24, 2.45) is 5.10 Å². The SMILES string of the molecule is COc1ccc(C2=NN(C(=O)CN(C)C(=O)c3cccs3)C(c3ccc(OC)cc3)C2)cc1. The third kappa shape index (κ3) is 4.90. The van der Waals surface area contributed by atoms with Gasteiger partial charge in [-0.15, -0.1) is 11.3 Å². The van der Waals surface area contributed by atoms with Gasteiger partial charge in [-0.25, -0.2) is 5.01 Å². The molecule has 4 rings (SSSR count). The van der Waals surface area contributed by atoms with Crippen molar-refractivity contribution in [1.82, 2.24) is 9.91 Å². The highest BCUT2D eigenvalue weighted by atomic mass is 32.1. The van der Waals surface area contributed by atoms with Gasteiger partial charge in [-0.05, 0) is 59.0 Å². The number of methoxy groups -OCH3 is 2. The van der Waals surface area contributed by atoms with E-state index in [1.807, 2.05) is 60.0 Å². The van der Waals surface area contributed by atoms with Gasteiger partial charge in [0.1, 0.15) is 18.0 Å². The van der Waals surface area contributed by atoms with Crippen LogP contribution >= 0.6 is 11.3 Å². The number of rotatable bonds is 7. The molecule has 1 unspecified atom stereocenters. The predicted molar refractivity (Wildman–Crippen MR) is 128 cm³/mol. The standard InChI is InChI=1S/C25H25N3O4S/c1-27(25(30)23-5-4-14-33-23)16-24(29)28-22(18-8-12-20(32-3)13-9-18)15-21(26-28)17-6-10-19(31-2)11-7-17/h4-14,22H,15-16H2,1-3H3. The van der Waals surface area contributed by atoms with E-state index in [1.54, 1.807) is 27.3 Å². The van der Waals surface area contributed by atoms with E-state index in [0.717, 1.165) is 28.3 Å². The van der Waals surface area contributed by atoms with Crippen LogP contribution in [0.25, 0.3) is 0 Å². The number of ether oxygens (including phenoxy) is 2. The van der Waals surface area contributed by atoms with Crippen molar-refractivity contribution in [3.8, 4) is 11.5 Å². The zero-order valence-corrected chi connectivity index (χ0v) is 19.5. The first kappa shape index (κ1) is 22.5. The minimum Gasteiger partial charge on any atom is -0.497 e. The molecule has 3 aromatic rings. The second kappa shape index (κ2) is 9.87. The molecule has 7 nitrogen and oxygen atoms in total. The molecule has 2 amide bonds. The van der Waals surface area contributed by atoms with E-state index in [0.29, 0.717) is 11.3 Å². The lowest BCUT2D eigenvalue weighted by Gasteiger charge is -2.25. The summed E-state index contributed by atoms with van der Waals surface area (Å²) in [6.07, 6.45) is 0.562. The summed E-state index contributed by atoms with van der Waals surface area (Å²) >= 11 is 1.35. The molecule has 0 radical (unpaired) electrons. The van der Waals surface area contributed by atoms with Crippen LogP contribution < -0.4 is 9.47 Å². The number of hydrazone groups is 1. The van der Waals surface area contributed by atoms with Crippen molar-refractivity contribution in [2.75, 3.05) is 27.8 Å². The fraction of sp³-hybridized carbons (Fsp3) is 0.240. The van der Waals surface area contributed by atoms with Crippen molar-refractivity contribution in [3.05, 3.63) is 82.0 Å². The maximum Gasteiger partial charge on any atom is 0.264 e. The van der Waals surface area contributed by atoms with E-state index >= 15 is 0 Å². The van der Waals surface area contributed by atoms with Gasteiger partial charge < -0.3 is 14.4 Å². The zero-order valence-electron chi connectivity index (χ0n) is 18.7. The molecule has 2 heterocycles. The van der Waals surface area contributed by atoms with Crippen LogP contribution in [0, 0.1) is 0 Å². The lowest BCUT2D eigenvalue weighted by molar-refractivity contribution is -0.133. The molecule has 0 aliphatic carbocycles. The van der Waals surface area contributed by atoms with Crippen molar-refractivity contribution in [2.45, 2.75) is 12.5 Å². The summed E-state index contributed by atoms with van der Waals surface area (Å²) in [5.41, 5.74) is 2.68. The maximum absolute atomic E-state index is 13.3. The van der Waals surface area contributed by atoms with Crippen LogP contribution in [-0.2, 0) is 4.79 Å². The molecule has 0 fully saturated rings. The van der Waals surface area contributed by atoms with Crippen LogP contribution in [0.2, 0.25) is 0 Å². The van der Waals surface area contributed by atoms with Gasteiger partial charge in [-0.1, -0.05) is 18.2 Å². The minimum atomic E-state index is -0.272. The Kier molecular flexibility index (Phi) is 6.74. The number of hydrogen-bond acceptors (Lipinski definition) is 6. The quantitative estimate of drug-likeness (QED) is 0.526. The van der Waals surface area contributed by atoms with Crippen LogP contribution in [0.3, 0.4) is 0 Å². The highest BCUT2D eigenvalue weighted by molar-refractivity contribution is 7.12. The largest absolute Gasteiger partial charge is 0.497 e. The molecule has 1 aliphatic heterocycles. The monoisotopic (exact) mass is 463 g/mol. The molecule has 0 N–H and O–H groups in total. The number of carbonyl (C=O) groups is 2. The number of carbonyl (C=O) groups excluding carboxylic acids is 2. The third-order valence-electron chi connectivity index (χ3n) is 5.54. The molecule has 1 aliphatic rings. The first-order valence-corrected chi connectivity index (χ1v) is 11.3. The minimum absolute atomic E-state index is 0.0667. The first-order chi connectivity index (χ1) is 16.0. The van der Waals surface area contributed by atoms with E-state index < -0.39 is 0 Å². The lowest BCUT2D eigenvalue weighted by Crippen LogP contribution is -2.39. The average molecular weight is 464 g/mol. The van der Waals surface area contributed by atoms with E-state index in [-0.39, 0.29) is 24.4 Å². The number of likely N-dealkylation sites (N-methyl/N-ethyl adjacent to an activating group) is 1. The Balaban J connectivity index is 1.59. The number of hydrogen-bond donors (Lipinski definition) is 0. The first-order valence-electron chi connectivity index (χ1n) is 10.5. The van der Waals surface area contributed by atoms with Crippen molar-refractivity contribution in [1.29, 1.82) is 0 Å². The molecule has 1 atom stereocenters. The zero-order chi connectivity index (χ0) is 23.4. The Morgan fingerprint density at radius 3 is 2.24 bits per heavy atom. The van der Waals surface area contributed by atoms with Crippen LogP contribution in [-0.4, -0.2) is 55.2 Å². The maximum atomic E-state index is 13.3. The van der Waals surface area contributed by atoms with Gasteiger partial charge in [0.05, 0.1) is 30.9 Å². The Morgan fingerprint density at radius 2 is 1.67 bits per heavy atom. The van der Waals surface area contributed by atoms with Crippen LogP contribution in [0.5, 0.6) is 11.5 Å². The van der Waals surface area contributed by atoms with Crippen LogP contribution in [0.4, 0.5) is 0 Å². The second-order valence-electron chi connectivity index (χ2n) is 7.65. The summed E-state index contributed by atoms with van der Waals surface area (Å²) in [7, 11) is 4.87. The molecule has 33 heavy (non-hydrogen) atoms. The fourth-order valence-corrected chi connectivity index (χ4v) is 4.44. The highest BCUT2D eigenvalue weighted by Crippen LogP contribution is 2.34. The Labute approximate surface area is 196 Å². The predicted octanol–water partition coefficient (Wildman–Crippen LogP) is 4.22. The molecule has 2 aromatic carbocycles. The van der Waals surface area contributed by atoms with Gasteiger partial charge in [-0.2, -0.15) is 5.10 Å². The number of benzene rings is 2. The summed E-state index contributed by atoms with van der Waals surface area (Å²) < 4.78 is 10.5. The highest BCUT2D eigenvalue weighted by Gasteiger charge is 2.34. The molecular weight excluding hydrogens is 438 g/mol. The van der Waals surface area contributed by atoms with Crippen LogP contribution in [0.1, 0.15) is 33.3 Å². The number of amides is 2. The van der Waals surface area contributed by atoms with Gasteiger partial charge in [0.2, 0.25) is 0 Å². The molecular formula is C25H25N3O4S. The molecule has 0 bridgehead atoms. The fourth-order valence-electron chi connectivity index (χ4n) is 3.72. The molecule has 1 aromatic heterocycles. The Morgan fingerprint density at radius 1 is 1.03 bits per heavy atom. The normalized spacial score (nSPS) is 15.2. The Bertz CT molecular complexity index is 1140. The lowest BCUT2D eigenvalue weighted by atomic mass is 9.98. The summed E-state index contributed by atoms with van der Waals surface area (Å²) in [5.74, 6) is 1.07. The van der Waals surface area contributed by atoms with Gasteiger partial charge in [0, 0.05) is 13.5 Å². The molecule has 0 saturated heterocycles. The number of thiophene rings is 1. The van der Waals surface area contributed by atoms with E-state index in [1.165, 1.54) is 21.2 Å². The van der Waals surface area contributed by atoms with Gasteiger partial charge in [0.25, 0.3) is 11.8 Å². The van der Waals surface area contributed by atoms with Crippen LogP contribution in [0.15, 0.2) is 71.1 Å². The average Bonchev–Trinajstić information content (AvgIpc) is 3.54. The Hall–Kier alpha value is -3.65. The summed E-state index contributed by atoms with van der Waals surface area (Å²) in [5, 5.41) is 8.02. The van der Waals surface area contributed by atoms with E-state index in [2.05, 4.69) is 5.10 Å². The third-order valence-corrected chi connectivity index (χ3v) is 6.40. The molecule has 170 valence electrons. The smallest absolute Gasteiger partial charge is 0.264 e. The number of nitrogens with zero attached hydrogens (tertiary/aromatic N) is 3. The topological polar surface area (TPSA) is 71.4 Å². The van der Waals surface area contributed by atoms with Crippen molar-refractivity contribution in [3.63, 3.8) is 0 Å². The summed E-state index contributed by atoms with van der Waals surface area (Å²) in [6, 6.07) is 18.5. The van der Waals surface area contributed by atoms with Gasteiger partial charge in [-0.3, -0.25) is 9.59 Å². The molecule has 8 heteroatoms. The van der Waals surface area contributed by atoms with Crippen molar-refractivity contribution >= 4 is 28.9 Å². The molecule has 0 spiro atoms. The molecule has 0 saturated carbocycles. The second-order valence-corrected chi connectivity index (χ2v) is 8.59.